The summed E-state index contributed by atoms with van der Waals surface area (Å²) < 4.78 is 7.19. The van der Waals surface area contributed by atoms with Crippen molar-refractivity contribution in [2.45, 2.75) is 31.7 Å². The maximum absolute atomic E-state index is 9.82. The molecule has 3 atom stereocenters. The van der Waals surface area contributed by atoms with Crippen LogP contribution in [0.4, 0.5) is 0 Å². The van der Waals surface area contributed by atoms with Gasteiger partial charge < -0.3 is 30.4 Å². The summed E-state index contributed by atoms with van der Waals surface area (Å²) in [5.74, 6) is 6.62. The molecular weight excluding hydrogens is 406 g/mol. The molecule has 0 fully saturated rings. The minimum atomic E-state index is -0.740. The first-order valence-electron chi connectivity index (χ1n) is 10.5. The molecule has 168 valence electrons. The molecule has 0 saturated carbocycles. The van der Waals surface area contributed by atoms with E-state index in [0.29, 0.717) is 19.0 Å². The van der Waals surface area contributed by atoms with Crippen molar-refractivity contribution >= 4 is 0 Å². The predicted molar refractivity (Wildman–Crippen MR) is 122 cm³/mol. The molecular formula is C25H29N3O4. The molecule has 0 spiro atoms. The molecule has 1 unspecified atom stereocenters. The van der Waals surface area contributed by atoms with Crippen molar-refractivity contribution < 1.29 is 20.1 Å². The molecule has 32 heavy (non-hydrogen) atoms. The van der Waals surface area contributed by atoms with Gasteiger partial charge in [0.05, 0.1) is 32.5 Å². The van der Waals surface area contributed by atoms with Gasteiger partial charge in [-0.1, -0.05) is 48.2 Å². The van der Waals surface area contributed by atoms with Crippen LogP contribution in [0, 0.1) is 11.8 Å². The molecule has 2 aromatic carbocycles. The van der Waals surface area contributed by atoms with E-state index in [0.717, 1.165) is 22.3 Å². The smallest absolute Gasteiger partial charge is 0.138 e. The molecule has 0 aliphatic heterocycles. The standard InChI is InChI=1S/C25H29N3O4/c1-18(31)25-27-12-13-28(25)24(15-30)11-6-19-2-7-21(8-3-19)22-9-4-20(5-10-22)16-32-17-23(26)14-29/h2-5,7-10,12-13,18,23-24,29-31H,14-17,26H2,1H3/t18-,23?,24-/m0/s1. The zero-order chi connectivity index (χ0) is 22.9. The lowest BCUT2D eigenvalue weighted by molar-refractivity contribution is 0.0899. The summed E-state index contributed by atoms with van der Waals surface area (Å²) in [7, 11) is 0. The number of aromatic nitrogens is 2. The third-order valence-corrected chi connectivity index (χ3v) is 4.97. The Morgan fingerprint density at radius 3 is 2.28 bits per heavy atom. The number of nitrogens with zero attached hydrogens (tertiary/aromatic N) is 2. The van der Waals surface area contributed by atoms with Crippen molar-refractivity contribution in [1.29, 1.82) is 0 Å². The van der Waals surface area contributed by atoms with Crippen molar-refractivity contribution in [3.8, 4) is 23.0 Å². The highest BCUT2D eigenvalue weighted by Crippen LogP contribution is 2.21. The fourth-order valence-electron chi connectivity index (χ4n) is 3.20. The van der Waals surface area contributed by atoms with E-state index in [-0.39, 0.29) is 19.3 Å². The molecule has 0 saturated heterocycles. The maximum atomic E-state index is 9.82. The quantitative estimate of drug-likeness (QED) is 0.383. The van der Waals surface area contributed by atoms with E-state index in [1.807, 2.05) is 48.5 Å². The summed E-state index contributed by atoms with van der Waals surface area (Å²) in [5.41, 5.74) is 9.63. The Morgan fingerprint density at radius 2 is 1.69 bits per heavy atom. The van der Waals surface area contributed by atoms with Crippen molar-refractivity contribution in [1.82, 2.24) is 9.55 Å². The van der Waals surface area contributed by atoms with Gasteiger partial charge in [0, 0.05) is 18.0 Å². The SMILES string of the molecule is C[C@H](O)c1nccn1[C@@H](C#Cc1ccc(-c2ccc(COCC(N)CO)cc2)cc1)CO. The third-order valence-electron chi connectivity index (χ3n) is 4.97. The second-order valence-electron chi connectivity index (χ2n) is 7.57. The molecule has 3 rings (SSSR count). The lowest BCUT2D eigenvalue weighted by Crippen LogP contribution is -2.29. The van der Waals surface area contributed by atoms with Gasteiger partial charge in [-0.15, -0.1) is 0 Å². The highest BCUT2D eigenvalue weighted by atomic mass is 16.5. The number of ether oxygens (including phenoxy) is 1. The second-order valence-corrected chi connectivity index (χ2v) is 7.57. The van der Waals surface area contributed by atoms with Crippen LogP contribution in [-0.4, -0.2) is 50.7 Å². The van der Waals surface area contributed by atoms with Crippen LogP contribution >= 0.6 is 0 Å². The van der Waals surface area contributed by atoms with Gasteiger partial charge in [-0.2, -0.15) is 0 Å². The van der Waals surface area contributed by atoms with Crippen LogP contribution < -0.4 is 5.73 Å². The van der Waals surface area contributed by atoms with E-state index in [1.54, 1.807) is 23.9 Å². The first kappa shape index (κ1) is 23.7. The van der Waals surface area contributed by atoms with Gasteiger partial charge >= 0.3 is 0 Å². The number of aliphatic hydroxyl groups excluding tert-OH is 3. The predicted octanol–water partition coefficient (Wildman–Crippen LogP) is 2.02. The van der Waals surface area contributed by atoms with Gasteiger partial charge in [0.25, 0.3) is 0 Å². The molecule has 0 aliphatic rings. The number of benzene rings is 2. The van der Waals surface area contributed by atoms with Gasteiger partial charge in [-0.3, -0.25) is 0 Å². The van der Waals surface area contributed by atoms with Crippen molar-refractivity contribution in [3.05, 3.63) is 77.9 Å². The van der Waals surface area contributed by atoms with E-state index in [4.69, 9.17) is 15.6 Å². The maximum Gasteiger partial charge on any atom is 0.138 e. The van der Waals surface area contributed by atoms with Crippen LogP contribution in [0.3, 0.4) is 0 Å². The van der Waals surface area contributed by atoms with Gasteiger partial charge in [-0.25, -0.2) is 4.98 Å². The molecule has 0 amide bonds. The summed E-state index contributed by atoms with van der Waals surface area (Å²) in [5, 5.41) is 28.5. The third kappa shape index (κ3) is 6.26. The summed E-state index contributed by atoms with van der Waals surface area (Å²) in [6.45, 7) is 2.13. The van der Waals surface area contributed by atoms with Gasteiger partial charge in [0.2, 0.25) is 0 Å². The zero-order valence-electron chi connectivity index (χ0n) is 18.1. The Bertz CT molecular complexity index is 1030. The topological polar surface area (TPSA) is 114 Å². The highest BCUT2D eigenvalue weighted by molar-refractivity contribution is 5.64. The van der Waals surface area contributed by atoms with Gasteiger partial charge in [0.1, 0.15) is 18.0 Å². The Balaban J connectivity index is 1.65. The number of rotatable bonds is 9. The van der Waals surface area contributed by atoms with E-state index in [1.165, 1.54) is 0 Å². The van der Waals surface area contributed by atoms with E-state index in [9.17, 15) is 10.2 Å². The number of nitrogens with two attached hydrogens (primary N) is 1. The summed E-state index contributed by atoms with van der Waals surface area (Å²) in [4.78, 5) is 4.13. The van der Waals surface area contributed by atoms with Crippen molar-refractivity contribution in [3.63, 3.8) is 0 Å². The molecule has 0 radical (unpaired) electrons. The Kier molecular flexibility index (Phi) is 8.56. The Morgan fingerprint density at radius 1 is 1.03 bits per heavy atom. The number of hydrogen-bond donors (Lipinski definition) is 4. The fourth-order valence-corrected chi connectivity index (χ4v) is 3.20. The van der Waals surface area contributed by atoms with Gasteiger partial charge in [-0.05, 0) is 35.7 Å². The number of hydrogen-bond acceptors (Lipinski definition) is 6. The zero-order valence-corrected chi connectivity index (χ0v) is 18.1. The van der Waals surface area contributed by atoms with Crippen LogP contribution in [0.25, 0.3) is 11.1 Å². The highest BCUT2D eigenvalue weighted by Gasteiger charge is 2.14. The summed E-state index contributed by atoms with van der Waals surface area (Å²) in [6.07, 6.45) is 2.55. The normalized spacial score (nSPS) is 13.8. The average molecular weight is 436 g/mol. The molecule has 1 aromatic heterocycles. The molecule has 0 aliphatic carbocycles. The molecule has 0 bridgehead atoms. The molecule has 7 heteroatoms. The van der Waals surface area contributed by atoms with Crippen molar-refractivity contribution in [2.24, 2.45) is 5.73 Å². The van der Waals surface area contributed by atoms with E-state index >= 15 is 0 Å². The first-order chi connectivity index (χ1) is 15.5. The van der Waals surface area contributed by atoms with Crippen molar-refractivity contribution in [2.75, 3.05) is 19.8 Å². The van der Waals surface area contributed by atoms with Crippen LogP contribution in [0.1, 0.15) is 36.0 Å². The van der Waals surface area contributed by atoms with Crippen LogP contribution in [-0.2, 0) is 11.3 Å². The summed E-state index contributed by atoms with van der Waals surface area (Å²) in [6, 6.07) is 15.1. The van der Waals surface area contributed by atoms with Crippen LogP contribution in [0.5, 0.6) is 0 Å². The molecule has 3 aromatic rings. The number of aliphatic hydroxyl groups is 3. The Labute approximate surface area is 188 Å². The number of imidazole rings is 1. The van der Waals surface area contributed by atoms with E-state index < -0.39 is 12.1 Å². The Hall–Kier alpha value is -2.99. The average Bonchev–Trinajstić information content (AvgIpc) is 3.30. The van der Waals surface area contributed by atoms with E-state index in [2.05, 4.69) is 16.8 Å². The summed E-state index contributed by atoms with van der Waals surface area (Å²) >= 11 is 0. The largest absolute Gasteiger partial charge is 0.395 e. The fraction of sp³-hybridized carbons (Fsp3) is 0.320. The first-order valence-corrected chi connectivity index (χ1v) is 10.5. The lowest BCUT2D eigenvalue weighted by atomic mass is 10.0. The molecule has 7 nitrogen and oxygen atoms in total. The second kappa shape index (κ2) is 11.6. The minimum Gasteiger partial charge on any atom is -0.395 e. The monoisotopic (exact) mass is 435 g/mol. The van der Waals surface area contributed by atoms with Gasteiger partial charge in [0.15, 0.2) is 0 Å². The lowest BCUT2D eigenvalue weighted by Gasteiger charge is -2.14. The molecule has 5 N–H and O–H groups in total. The van der Waals surface area contributed by atoms with Crippen LogP contribution in [0.15, 0.2) is 60.9 Å². The minimum absolute atomic E-state index is 0.0908. The molecule has 1 heterocycles. The van der Waals surface area contributed by atoms with Crippen LogP contribution in [0.2, 0.25) is 0 Å².